The van der Waals surface area contributed by atoms with Crippen LogP contribution < -0.4 is 5.32 Å². The van der Waals surface area contributed by atoms with Crippen molar-refractivity contribution in [2.24, 2.45) is 5.92 Å². The lowest BCUT2D eigenvalue weighted by Crippen LogP contribution is -2.38. The molecule has 3 rings (SSSR count). The highest BCUT2D eigenvalue weighted by molar-refractivity contribution is 5.80. The molecule has 7 nitrogen and oxygen atoms in total. The van der Waals surface area contributed by atoms with Crippen molar-refractivity contribution in [2.75, 3.05) is 19.6 Å². The van der Waals surface area contributed by atoms with Crippen LogP contribution in [0.15, 0.2) is 4.52 Å². The summed E-state index contributed by atoms with van der Waals surface area (Å²) in [6, 6.07) is 0. The first kappa shape index (κ1) is 19.8. The Labute approximate surface area is 161 Å². The van der Waals surface area contributed by atoms with Crippen molar-refractivity contribution < 1.29 is 14.1 Å². The van der Waals surface area contributed by atoms with Crippen molar-refractivity contribution >= 4 is 11.8 Å². The molecular formula is C20H32N4O3. The molecule has 1 saturated carbocycles. The smallest absolute Gasteiger partial charge is 0.229 e. The van der Waals surface area contributed by atoms with E-state index in [1.54, 1.807) is 0 Å². The van der Waals surface area contributed by atoms with Gasteiger partial charge in [-0.3, -0.25) is 9.59 Å². The third-order valence-electron chi connectivity index (χ3n) is 5.74. The average Bonchev–Trinajstić information content (AvgIpc) is 3.33. The van der Waals surface area contributed by atoms with Gasteiger partial charge in [0.05, 0.1) is 0 Å². The zero-order valence-electron chi connectivity index (χ0n) is 16.6. The van der Waals surface area contributed by atoms with E-state index in [2.05, 4.69) is 15.5 Å². The van der Waals surface area contributed by atoms with Gasteiger partial charge in [-0.15, -0.1) is 0 Å². The Balaban J connectivity index is 1.66. The largest absolute Gasteiger partial charge is 0.356 e. The van der Waals surface area contributed by atoms with Gasteiger partial charge in [0.25, 0.3) is 0 Å². The second-order valence-electron chi connectivity index (χ2n) is 8.18. The number of aromatic nitrogens is 2. The molecule has 1 aliphatic carbocycles. The van der Waals surface area contributed by atoms with E-state index in [1.165, 1.54) is 0 Å². The summed E-state index contributed by atoms with van der Waals surface area (Å²) < 4.78 is 5.49. The first-order chi connectivity index (χ1) is 13.0. The molecule has 1 atom stereocenters. The third kappa shape index (κ3) is 5.30. The highest BCUT2D eigenvalue weighted by Crippen LogP contribution is 2.28. The van der Waals surface area contributed by atoms with Crippen LogP contribution in [0.2, 0.25) is 0 Å². The number of nitrogens with zero attached hydrogens (tertiary/aromatic N) is 3. The molecule has 0 bridgehead atoms. The third-order valence-corrected chi connectivity index (χ3v) is 5.74. The van der Waals surface area contributed by atoms with Crippen LogP contribution in [0.25, 0.3) is 0 Å². The van der Waals surface area contributed by atoms with Crippen molar-refractivity contribution in [3.05, 3.63) is 11.7 Å². The van der Waals surface area contributed by atoms with Gasteiger partial charge in [0, 0.05) is 43.8 Å². The van der Waals surface area contributed by atoms with Gasteiger partial charge in [0.1, 0.15) is 0 Å². The predicted octanol–water partition coefficient (Wildman–Crippen LogP) is 2.99. The predicted molar refractivity (Wildman–Crippen MR) is 101 cm³/mol. The van der Waals surface area contributed by atoms with Crippen LogP contribution in [0.3, 0.4) is 0 Å². The van der Waals surface area contributed by atoms with Crippen molar-refractivity contribution in [3.63, 3.8) is 0 Å². The summed E-state index contributed by atoms with van der Waals surface area (Å²) in [5.41, 5.74) is 0. The highest BCUT2D eigenvalue weighted by atomic mass is 16.5. The number of amides is 2. The number of rotatable bonds is 3. The summed E-state index contributed by atoms with van der Waals surface area (Å²) in [4.78, 5) is 31.4. The van der Waals surface area contributed by atoms with Crippen LogP contribution in [0, 0.1) is 5.92 Å². The van der Waals surface area contributed by atoms with Gasteiger partial charge in [-0.1, -0.05) is 31.8 Å². The molecule has 0 radical (unpaired) electrons. The molecule has 2 heterocycles. The van der Waals surface area contributed by atoms with Gasteiger partial charge in [-0.25, -0.2) is 0 Å². The van der Waals surface area contributed by atoms with Crippen molar-refractivity contribution in [2.45, 2.75) is 77.0 Å². The molecule has 0 spiro atoms. The lowest BCUT2D eigenvalue weighted by atomic mass is 9.98. The van der Waals surface area contributed by atoms with E-state index in [9.17, 15) is 9.59 Å². The lowest BCUT2D eigenvalue weighted by molar-refractivity contribution is -0.136. The first-order valence-electron chi connectivity index (χ1n) is 10.4. The van der Waals surface area contributed by atoms with Gasteiger partial charge in [0.15, 0.2) is 5.82 Å². The molecule has 1 N–H and O–H groups in total. The van der Waals surface area contributed by atoms with Gasteiger partial charge < -0.3 is 14.7 Å². The number of carbonyl (C=O) groups excluding carboxylic acids is 2. The van der Waals surface area contributed by atoms with Gasteiger partial charge in [0.2, 0.25) is 17.7 Å². The first-order valence-corrected chi connectivity index (χ1v) is 10.4. The Bertz CT molecular complexity index is 637. The van der Waals surface area contributed by atoms with Crippen LogP contribution in [0.4, 0.5) is 0 Å². The SMILES string of the molecule is CC(C)c1noc(C2CCCN(C(=O)C3CCCC3)CCC(=O)NCC2)n1. The van der Waals surface area contributed by atoms with Crippen molar-refractivity contribution in [1.29, 1.82) is 0 Å². The zero-order chi connectivity index (χ0) is 19.2. The molecule has 2 fully saturated rings. The molecule has 150 valence electrons. The van der Waals surface area contributed by atoms with Crippen LogP contribution in [0.1, 0.15) is 88.8 Å². The molecule has 1 aliphatic heterocycles. The number of nitrogens with one attached hydrogen (secondary N) is 1. The molecule has 0 aromatic carbocycles. The Kier molecular flexibility index (Phi) is 6.85. The summed E-state index contributed by atoms with van der Waals surface area (Å²) >= 11 is 0. The monoisotopic (exact) mass is 376 g/mol. The van der Waals surface area contributed by atoms with Gasteiger partial charge in [-0.2, -0.15) is 4.98 Å². The minimum atomic E-state index is 0.00766. The second kappa shape index (κ2) is 9.33. The summed E-state index contributed by atoms with van der Waals surface area (Å²) in [5, 5.41) is 7.05. The molecule has 7 heteroatoms. The summed E-state index contributed by atoms with van der Waals surface area (Å²) in [6.07, 6.45) is 7.18. The van der Waals surface area contributed by atoms with Gasteiger partial charge in [-0.05, 0) is 32.1 Å². The number of hydrogen-bond donors (Lipinski definition) is 1. The fourth-order valence-electron chi connectivity index (χ4n) is 4.04. The lowest BCUT2D eigenvalue weighted by Gasteiger charge is -2.25. The molecule has 27 heavy (non-hydrogen) atoms. The van der Waals surface area contributed by atoms with Crippen LogP contribution >= 0.6 is 0 Å². The average molecular weight is 377 g/mol. The normalized spacial score (nSPS) is 23.3. The fourth-order valence-corrected chi connectivity index (χ4v) is 4.04. The van der Waals surface area contributed by atoms with Crippen molar-refractivity contribution in [3.8, 4) is 0 Å². The number of carbonyl (C=O) groups is 2. The van der Waals surface area contributed by atoms with Gasteiger partial charge >= 0.3 is 0 Å². The van der Waals surface area contributed by atoms with E-state index in [0.717, 1.165) is 50.8 Å². The van der Waals surface area contributed by atoms with Crippen LogP contribution in [-0.2, 0) is 9.59 Å². The zero-order valence-corrected chi connectivity index (χ0v) is 16.6. The minimum absolute atomic E-state index is 0.00766. The topological polar surface area (TPSA) is 88.3 Å². The van der Waals surface area contributed by atoms with E-state index in [1.807, 2.05) is 18.7 Å². The van der Waals surface area contributed by atoms with E-state index in [4.69, 9.17) is 4.52 Å². The van der Waals surface area contributed by atoms with E-state index >= 15 is 0 Å². The van der Waals surface area contributed by atoms with E-state index < -0.39 is 0 Å². The molecule has 1 saturated heterocycles. The quantitative estimate of drug-likeness (QED) is 0.876. The standard InChI is InChI=1S/C20H32N4O3/c1-14(2)18-22-19(27-23-18)15-8-5-12-24(13-10-17(25)21-11-9-15)20(26)16-6-3-4-7-16/h14-16H,3-13H2,1-2H3,(H,21,25). The Hall–Kier alpha value is -1.92. The molecule has 1 aromatic rings. The van der Waals surface area contributed by atoms with Crippen LogP contribution in [-0.4, -0.2) is 46.5 Å². The van der Waals surface area contributed by atoms with Crippen molar-refractivity contribution in [1.82, 2.24) is 20.4 Å². The molecule has 1 aromatic heterocycles. The number of hydrogen-bond acceptors (Lipinski definition) is 5. The molecule has 2 amide bonds. The molecular weight excluding hydrogens is 344 g/mol. The Morgan fingerprint density at radius 2 is 1.93 bits per heavy atom. The minimum Gasteiger partial charge on any atom is -0.356 e. The maximum atomic E-state index is 12.8. The second-order valence-corrected chi connectivity index (χ2v) is 8.18. The fraction of sp³-hybridized carbons (Fsp3) is 0.800. The summed E-state index contributed by atoms with van der Waals surface area (Å²) in [7, 11) is 0. The Morgan fingerprint density at radius 1 is 1.15 bits per heavy atom. The molecule has 2 aliphatic rings. The van der Waals surface area contributed by atoms with E-state index in [0.29, 0.717) is 31.9 Å². The van der Waals surface area contributed by atoms with Crippen LogP contribution in [0.5, 0.6) is 0 Å². The van der Waals surface area contributed by atoms with E-state index in [-0.39, 0.29) is 29.6 Å². The maximum absolute atomic E-state index is 12.8. The summed E-state index contributed by atoms with van der Waals surface area (Å²) in [5.74, 6) is 2.11. The maximum Gasteiger partial charge on any atom is 0.229 e. The summed E-state index contributed by atoms with van der Waals surface area (Å²) in [6.45, 7) is 5.89. The highest BCUT2D eigenvalue weighted by Gasteiger charge is 2.28. The molecule has 1 unspecified atom stereocenters. The Morgan fingerprint density at radius 3 is 2.63 bits per heavy atom.